The summed E-state index contributed by atoms with van der Waals surface area (Å²) in [6.07, 6.45) is 3.23. The standard InChI is InChI=1S/C15H11N3O3/c1-21-15(20)10-2-3-11-12(8-10)17-13(18-14(11)19)9-4-6-16-7-5-9/h2-8H,1H3,(H,17,18,19). The van der Waals surface area contributed by atoms with Gasteiger partial charge in [0.1, 0.15) is 5.82 Å². The zero-order chi connectivity index (χ0) is 14.8. The number of hydrogen-bond acceptors (Lipinski definition) is 5. The number of nitrogens with zero attached hydrogens (tertiary/aromatic N) is 2. The predicted octanol–water partition coefficient (Wildman–Crippen LogP) is 1.77. The van der Waals surface area contributed by atoms with Crippen molar-refractivity contribution >= 4 is 16.9 Å². The van der Waals surface area contributed by atoms with E-state index in [1.165, 1.54) is 13.2 Å². The Bertz CT molecular complexity index is 872. The molecule has 0 spiro atoms. The number of carbonyl (C=O) groups is 1. The maximum atomic E-state index is 12.1. The third kappa shape index (κ3) is 2.38. The van der Waals surface area contributed by atoms with Crippen molar-refractivity contribution in [2.24, 2.45) is 0 Å². The number of benzene rings is 1. The zero-order valence-corrected chi connectivity index (χ0v) is 11.2. The van der Waals surface area contributed by atoms with Gasteiger partial charge in [-0.1, -0.05) is 0 Å². The molecule has 2 aromatic heterocycles. The van der Waals surface area contributed by atoms with Gasteiger partial charge in [0.05, 0.1) is 23.6 Å². The number of ether oxygens (including phenoxy) is 1. The molecule has 104 valence electrons. The molecule has 21 heavy (non-hydrogen) atoms. The Morgan fingerprint density at radius 1 is 1.19 bits per heavy atom. The van der Waals surface area contributed by atoms with E-state index in [9.17, 15) is 9.59 Å². The topological polar surface area (TPSA) is 84.9 Å². The smallest absolute Gasteiger partial charge is 0.337 e. The van der Waals surface area contributed by atoms with Gasteiger partial charge in [0.15, 0.2) is 0 Å². The van der Waals surface area contributed by atoms with E-state index < -0.39 is 5.97 Å². The Morgan fingerprint density at radius 2 is 1.95 bits per heavy atom. The lowest BCUT2D eigenvalue weighted by Crippen LogP contribution is -2.10. The molecule has 0 radical (unpaired) electrons. The molecule has 0 amide bonds. The van der Waals surface area contributed by atoms with Crippen molar-refractivity contribution in [1.82, 2.24) is 15.0 Å². The van der Waals surface area contributed by atoms with Crippen molar-refractivity contribution in [2.45, 2.75) is 0 Å². The van der Waals surface area contributed by atoms with E-state index >= 15 is 0 Å². The second-order valence-corrected chi connectivity index (χ2v) is 4.37. The van der Waals surface area contributed by atoms with Crippen LogP contribution in [-0.2, 0) is 4.74 Å². The van der Waals surface area contributed by atoms with E-state index in [-0.39, 0.29) is 5.56 Å². The Balaban J connectivity index is 2.22. The molecule has 1 aromatic carbocycles. The van der Waals surface area contributed by atoms with E-state index in [1.54, 1.807) is 36.7 Å². The van der Waals surface area contributed by atoms with Gasteiger partial charge in [0, 0.05) is 18.0 Å². The lowest BCUT2D eigenvalue weighted by Gasteiger charge is -2.04. The number of rotatable bonds is 2. The molecule has 0 saturated carbocycles. The first-order valence-corrected chi connectivity index (χ1v) is 6.22. The molecule has 0 aliphatic rings. The maximum Gasteiger partial charge on any atom is 0.337 e. The van der Waals surface area contributed by atoms with Crippen molar-refractivity contribution in [3.05, 3.63) is 58.6 Å². The van der Waals surface area contributed by atoms with Gasteiger partial charge in [-0.05, 0) is 30.3 Å². The lowest BCUT2D eigenvalue weighted by atomic mass is 10.1. The minimum Gasteiger partial charge on any atom is -0.465 e. The van der Waals surface area contributed by atoms with Crippen LogP contribution in [0.3, 0.4) is 0 Å². The highest BCUT2D eigenvalue weighted by Crippen LogP contribution is 2.16. The zero-order valence-electron chi connectivity index (χ0n) is 11.2. The van der Waals surface area contributed by atoms with Gasteiger partial charge in [0.25, 0.3) is 5.56 Å². The molecule has 0 atom stereocenters. The summed E-state index contributed by atoms with van der Waals surface area (Å²) in [7, 11) is 1.31. The monoisotopic (exact) mass is 281 g/mol. The second kappa shape index (κ2) is 5.16. The van der Waals surface area contributed by atoms with Gasteiger partial charge in [-0.3, -0.25) is 9.78 Å². The Hall–Kier alpha value is -3.02. The summed E-state index contributed by atoms with van der Waals surface area (Å²) in [5, 5.41) is 0.417. The fourth-order valence-electron chi connectivity index (χ4n) is 2.03. The third-order valence-corrected chi connectivity index (χ3v) is 3.08. The van der Waals surface area contributed by atoms with Crippen LogP contribution in [0.5, 0.6) is 0 Å². The molecule has 3 rings (SSSR count). The van der Waals surface area contributed by atoms with Crippen LogP contribution in [0.1, 0.15) is 10.4 Å². The number of aromatic nitrogens is 3. The van der Waals surface area contributed by atoms with Crippen molar-refractivity contribution in [3.63, 3.8) is 0 Å². The van der Waals surface area contributed by atoms with Crippen LogP contribution in [-0.4, -0.2) is 28.0 Å². The molecule has 0 bridgehead atoms. The first kappa shape index (κ1) is 13.0. The molecule has 0 unspecified atom stereocenters. The summed E-state index contributed by atoms with van der Waals surface area (Å²) >= 11 is 0. The van der Waals surface area contributed by atoms with Crippen LogP contribution in [0.25, 0.3) is 22.3 Å². The first-order chi connectivity index (χ1) is 10.2. The summed E-state index contributed by atoms with van der Waals surface area (Å²) in [5.74, 6) is -0.0404. The molecule has 3 aromatic rings. The highest BCUT2D eigenvalue weighted by atomic mass is 16.5. The Morgan fingerprint density at radius 3 is 2.67 bits per heavy atom. The van der Waals surface area contributed by atoms with Gasteiger partial charge in [-0.25, -0.2) is 9.78 Å². The minimum atomic E-state index is -0.468. The highest BCUT2D eigenvalue weighted by Gasteiger charge is 2.10. The van der Waals surface area contributed by atoms with Crippen LogP contribution < -0.4 is 5.56 Å². The summed E-state index contributed by atoms with van der Waals surface area (Å²) in [6, 6.07) is 8.13. The molecule has 6 nitrogen and oxygen atoms in total. The number of aromatic amines is 1. The van der Waals surface area contributed by atoms with Crippen molar-refractivity contribution < 1.29 is 9.53 Å². The number of nitrogens with one attached hydrogen (secondary N) is 1. The summed E-state index contributed by atoms with van der Waals surface area (Å²) in [4.78, 5) is 34.7. The predicted molar refractivity (Wildman–Crippen MR) is 76.9 cm³/mol. The Labute approximate surface area is 119 Å². The van der Waals surface area contributed by atoms with Crippen LogP contribution in [0.15, 0.2) is 47.5 Å². The van der Waals surface area contributed by atoms with Gasteiger partial charge in [-0.2, -0.15) is 0 Å². The van der Waals surface area contributed by atoms with Crippen molar-refractivity contribution in [3.8, 4) is 11.4 Å². The molecule has 0 saturated heterocycles. The largest absolute Gasteiger partial charge is 0.465 e. The lowest BCUT2D eigenvalue weighted by molar-refractivity contribution is 0.0601. The number of H-pyrrole nitrogens is 1. The van der Waals surface area contributed by atoms with Gasteiger partial charge in [0.2, 0.25) is 0 Å². The molecule has 0 aliphatic carbocycles. The van der Waals surface area contributed by atoms with Crippen LogP contribution in [0.2, 0.25) is 0 Å². The Kier molecular flexibility index (Phi) is 3.19. The fraction of sp³-hybridized carbons (Fsp3) is 0.0667. The van der Waals surface area contributed by atoms with Crippen LogP contribution in [0, 0.1) is 0 Å². The normalized spacial score (nSPS) is 10.5. The molecule has 0 aliphatic heterocycles. The van der Waals surface area contributed by atoms with E-state index in [1.807, 2.05) is 0 Å². The van der Waals surface area contributed by atoms with E-state index in [2.05, 4.69) is 19.7 Å². The SMILES string of the molecule is COC(=O)c1ccc2c(=O)[nH]c(-c3ccncc3)nc2c1. The van der Waals surface area contributed by atoms with Crippen LogP contribution in [0.4, 0.5) is 0 Å². The average Bonchev–Trinajstić information content (AvgIpc) is 2.54. The molecule has 2 heterocycles. The van der Waals surface area contributed by atoms with E-state index in [0.29, 0.717) is 22.3 Å². The number of carbonyl (C=O) groups excluding carboxylic acids is 1. The van der Waals surface area contributed by atoms with Crippen molar-refractivity contribution in [1.29, 1.82) is 0 Å². The van der Waals surface area contributed by atoms with E-state index in [4.69, 9.17) is 0 Å². The quantitative estimate of drug-likeness (QED) is 0.724. The highest BCUT2D eigenvalue weighted by molar-refractivity contribution is 5.94. The average molecular weight is 281 g/mol. The van der Waals surface area contributed by atoms with Gasteiger partial charge in [-0.15, -0.1) is 0 Å². The van der Waals surface area contributed by atoms with Crippen molar-refractivity contribution in [2.75, 3.05) is 7.11 Å². The summed E-state index contributed by atoms with van der Waals surface area (Å²) in [5.41, 5.74) is 1.27. The molecular weight excluding hydrogens is 270 g/mol. The first-order valence-electron chi connectivity index (χ1n) is 6.22. The number of hydrogen-bond donors (Lipinski definition) is 1. The summed E-state index contributed by atoms with van der Waals surface area (Å²) in [6.45, 7) is 0. The summed E-state index contributed by atoms with van der Waals surface area (Å²) < 4.78 is 4.67. The molecule has 0 fully saturated rings. The molecule has 6 heteroatoms. The molecular formula is C15H11N3O3. The maximum absolute atomic E-state index is 12.1. The number of pyridine rings is 1. The van der Waals surface area contributed by atoms with Crippen LogP contribution >= 0.6 is 0 Å². The second-order valence-electron chi connectivity index (χ2n) is 4.37. The number of fused-ring (bicyclic) bond motifs is 1. The van der Waals surface area contributed by atoms with Gasteiger partial charge < -0.3 is 9.72 Å². The number of esters is 1. The van der Waals surface area contributed by atoms with E-state index in [0.717, 1.165) is 5.56 Å². The number of methoxy groups -OCH3 is 1. The molecule has 1 N–H and O–H groups in total. The third-order valence-electron chi connectivity index (χ3n) is 3.08. The van der Waals surface area contributed by atoms with Gasteiger partial charge >= 0.3 is 5.97 Å². The minimum absolute atomic E-state index is 0.261. The fourth-order valence-corrected chi connectivity index (χ4v) is 2.03.